The largest absolute Gasteiger partial charge is 0.292 e. The third kappa shape index (κ3) is 2.57. The highest BCUT2D eigenvalue weighted by Crippen LogP contribution is 1.99. The van der Waals surface area contributed by atoms with Crippen molar-refractivity contribution < 1.29 is 9.72 Å². The first-order chi connectivity index (χ1) is 4.59. The van der Waals surface area contributed by atoms with Gasteiger partial charge in [0.1, 0.15) is 0 Å². The fraction of sp³-hybridized carbons (Fsp3) is 0.667. The standard InChI is InChI=1S/C6H10NO3/c1-3-4-6(5(2)8)7(9)10/h4,6H,3H2,1-2H3. The Hall–Kier alpha value is -0.930. The summed E-state index contributed by atoms with van der Waals surface area (Å²) >= 11 is 0. The molecule has 0 aromatic heterocycles. The zero-order chi connectivity index (χ0) is 8.15. The SMILES string of the molecule is CC[CH]C(C(C)=O)[N+](=O)[O-]. The second-order valence-electron chi connectivity index (χ2n) is 1.98. The third-order valence-electron chi connectivity index (χ3n) is 1.10. The monoisotopic (exact) mass is 144 g/mol. The van der Waals surface area contributed by atoms with Crippen molar-refractivity contribution in [2.75, 3.05) is 0 Å². The van der Waals surface area contributed by atoms with Crippen LogP contribution >= 0.6 is 0 Å². The summed E-state index contributed by atoms with van der Waals surface area (Å²) in [4.78, 5) is 20.0. The van der Waals surface area contributed by atoms with E-state index in [1.54, 1.807) is 6.92 Å². The Morgan fingerprint density at radius 3 is 2.40 bits per heavy atom. The van der Waals surface area contributed by atoms with E-state index in [1.807, 2.05) is 0 Å². The lowest BCUT2D eigenvalue weighted by Gasteiger charge is -2.01. The molecule has 0 aliphatic rings. The van der Waals surface area contributed by atoms with E-state index in [0.717, 1.165) is 0 Å². The van der Waals surface area contributed by atoms with Crippen LogP contribution in [0.15, 0.2) is 0 Å². The number of carbonyl (C=O) groups is 1. The predicted molar refractivity (Wildman–Crippen MR) is 36.1 cm³/mol. The molecule has 4 nitrogen and oxygen atoms in total. The van der Waals surface area contributed by atoms with E-state index in [9.17, 15) is 14.9 Å². The molecule has 0 bridgehead atoms. The molecule has 0 saturated carbocycles. The van der Waals surface area contributed by atoms with E-state index in [0.29, 0.717) is 6.42 Å². The number of Topliss-reactive ketones (excluding diaryl/α,β-unsaturated/α-hetero) is 1. The summed E-state index contributed by atoms with van der Waals surface area (Å²) in [6, 6.07) is -1.11. The fourth-order valence-electron chi connectivity index (χ4n) is 0.624. The van der Waals surface area contributed by atoms with Gasteiger partial charge in [-0.05, 0) is 6.42 Å². The molecule has 0 aliphatic heterocycles. The van der Waals surface area contributed by atoms with Gasteiger partial charge in [0.25, 0.3) is 6.04 Å². The summed E-state index contributed by atoms with van der Waals surface area (Å²) in [6.07, 6.45) is 1.94. The summed E-state index contributed by atoms with van der Waals surface area (Å²) in [5.74, 6) is -0.410. The van der Waals surface area contributed by atoms with Crippen molar-refractivity contribution in [3.8, 4) is 0 Å². The van der Waals surface area contributed by atoms with Crippen LogP contribution in [0.4, 0.5) is 0 Å². The second-order valence-corrected chi connectivity index (χ2v) is 1.98. The lowest BCUT2D eigenvalue weighted by atomic mass is 10.1. The van der Waals surface area contributed by atoms with Crippen LogP contribution in [0, 0.1) is 16.5 Å². The first kappa shape index (κ1) is 9.07. The minimum Gasteiger partial charge on any atom is -0.292 e. The van der Waals surface area contributed by atoms with Crippen LogP contribution < -0.4 is 0 Å². The van der Waals surface area contributed by atoms with Gasteiger partial charge in [-0.15, -0.1) is 0 Å². The van der Waals surface area contributed by atoms with Gasteiger partial charge in [-0.2, -0.15) is 0 Å². The van der Waals surface area contributed by atoms with Crippen LogP contribution in [-0.2, 0) is 4.79 Å². The van der Waals surface area contributed by atoms with E-state index in [-0.39, 0.29) is 0 Å². The minimum atomic E-state index is -1.11. The highest BCUT2D eigenvalue weighted by molar-refractivity contribution is 5.81. The van der Waals surface area contributed by atoms with Crippen molar-refractivity contribution in [1.29, 1.82) is 0 Å². The highest BCUT2D eigenvalue weighted by Gasteiger charge is 2.23. The van der Waals surface area contributed by atoms with E-state index >= 15 is 0 Å². The number of hydrogen-bond donors (Lipinski definition) is 0. The molecule has 4 heteroatoms. The second kappa shape index (κ2) is 3.98. The van der Waals surface area contributed by atoms with Crippen molar-refractivity contribution >= 4 is 5.78 Å². The first-order valence-electron chi connectivity index (χ1n) is 3.06. The molecule has 0 amide bonds. The molecule has 10 heavy (non-hydrogen) atoms. The number of ketones is 1. The normalized spacial score (nSPS) is 12.6. The van der Waals surface area contributed by atoms with Gasteiger partial charge in [-0.25, -0.2) is 0 Å². The molecule has 0 spiro atoms. The van der Waals surface area contributed by atoms with Crippen molar-refractivity contribution in [2.45, 2.75) is 26.3 Å². The molecule has 0 aromatic carbocycles. The van der Waals surface area contributed by atoms with Gasteiger partial charge in [-0.1, -0.05) is 6.92 Å². The maximum atomic E-state index is 10.5. The summed E-state index contributed by atoms with van der Waals surface area (Å²) in [5.41, 5.74) is 0. The molecule has 0 saturated heterocycles. The Morgan fingerprint density at radius 1 is 1.80 bits per heavy atom. The topological polar surface area (TPSA) is 60.2 Å². The molecule has 0 aliphatic carbocycles. The van der Waals surface area contributed by atoms with Gasteiger partial charge in [0.05, 0.1) is 0 Å². The van der Waals surface area contributed by atoms with Gasteiger partial charge in [0.2, 0.25) is 5.78 Å². The van der Waals surface area contributed by atoms with Gasteiger partial charge < -0.3 is 0 Å². The predicted octanol–water partition coefficient (Wildman–Crippen LogP) is 0.835. The smallest absolute Gasteiger partial charge is 0.273 e. The molecule has 1 atom stereocenters. The third-order valence-corrected chi connectivity index (χ3v) is 1.10. The van der Waals surface area contributed by atoms with Gasteiger partial charge in [0.15, 0.2) is 0 Å². The molecule has 57 valence electrons. The molecule has 0 fully saturated rings. The van der Waals surface area contributed by atoms with E-state index in [2.05, 4.69) is 0 Å². The Bertz CT molecular complexity index is 130. The number of hydrogen-bond acceptors (Lipinski definition) is 3. The summed E-state index contributed by atoms with van der Waals surface area (Å²) < 4.78 is 0. The quantitative estimate of drug-likeness (QED) is 0.433. The summed E-state index contributed by atoms with van der Waals surface area (Å²) in [7, 11) is 0. The molecule has 0 rings (SSSR count). The lowest BCUT2D eigenvalue weighted by Crippen LogP contribution is -2.27. The summed E-state index contributed by atoms with van der Waals surface area (Å²) in [5, 5.41) is 10.1. The lowest BCUT2D eigenvalue weighted by molar-refractivity contribution is -0.498. The Balaban J connectivity index is 3.98. The van der Waals surface area contributed by atoms with Crippen LogP contribution in [0.5, 0.6) is 0 Å². The number of nitrogens with zero attached hydrogens (tertiary/aromatic N) is 1. The molecular weight excluding hydrogens is 134 g/mol. The fourth-order valence-corrected chi connectivity index (χ4v) is 0.624. The van der Waals surface area contributed by atoms with Crippen molar-refractivity contribution in [3.63, 3.8) is 0 Å². The number of nitro groups is 1. The average Bonchev–Trinajstić information content (AvgIpc) is 1.81. The Morgan fingerprint density at radius 2 is 2.30 bits per heavy atom. The highest BCUT2D eigenvalue weighted by atomic mass is 16.6. The Kier molecular flexibility index (Phi) is 3.61. The zero-order valence-corrected chi connectivity index (χ0v) is 6.03. The van der Waals surface area contributed by atoms with Gasteiger partial charge in [-0.3, -0.25) is 14.9 Å². The number of rotatable bonds is 4. The maximum Gasteiger partial charge on any atom is 0.273 e. The van der Waals surface area contributed by atoms with Crippen LogP contribution in [0.1, 0.15) is 20.3 Å². The van der Waals surface area contributed by atoms with Crippen LogP contribution in [-0.4, -0.2) is 16.7 Å². The molecule has 0 aromatic rings. The Labute approximate surface area is 59.4 Å². The van der Waals surface area contributed by atoms with Gasteiger partial charge in [0, 0.05) is 18.3 Å². The molecular formula is C6H10NO3. The maximum absolute atomic E-state index is 10.5. The van der Waals surface area contributed by atoms with Crippen LogP contribution in [0.3, 0.4) is 0 Å². The van der Waals surface area contributed by atoms with Crippen molar-refractivity contribution in [1.82, 2.24) is 0 Å². The number of carbonyl (C=O) groups excluding carboxylic acids is 1. The van der Waals surface area contributed by atoms with Crippen molar-refractivity contribution in [3.05, 3.63) is 16.5 Å². The zero-order valence-electron chi connectivity index (χ0n) is 6.03. The van der Waals surface area contributed by atoms with Gasteiger partial charge >= 0.3 is 0 Å². The van der Waals surface area contributed by atoms with Crippen LogP contribution in [0.2, 0.25) is 0 Å². The van der Waals surface area contributed by atoms with E-state index in [4.69, 9.17) is 0 Å². The molecule has 0 N–H and O–H groups in total. The van der Waals surface area contributed by atoms with Crippen LogP contribution in [0.25, 0.3) is 0 Å². The molecule has 1 radical (unpaired) electrons. The minimum absolute atomic E-state index is 0.410. The summed E-state index contributed by atoms with van der Waals surface area (Å²) in [6.45, 7) is 2.99. The van der Waals surface area contributed by atoms with E-state index < -0.39 is 16.7 Å². The molecule has 0 heterocycles. The van der Waals surface area contributed by atoms with Crippen molar-refractivity contribution in [2.24, 2.45) is 0 Å². The van der Waals surface area contributed by atoms with E-state index in [1.165, 1.54) is 13.3 Å². The average molecular weight is 144 g/mol. The molecule has 1 unspecified atom stereocenters. The first-order valence-corrected chi connectivity index (χ1v) is 3.06.